The summed E-state index contributed by atoms with van der Waals surface area (Å²) in [6.07, 6.45) is 1.49. The minimum atomic E-state index is -0.242. The Bertz CT molecular complexity index is 522. The van der Waals surface area contributed by atoms with Crippen molar-refractivity contribution in [2.24, 2.45) is 0 Å². The fraction of sp³-hybridized carbons (Fsp3) is 0.0909. The number of rotatable bonds is 3. The zero-order valence-electron chi connectivity index (χ0n) is 9.14. The molecule has 2 heterocycles. The Morgan fingerprint density at radius 3 is 2.94 bits per heavy atom. The van der Waals surface area contributed by atoms with Crippen LogP contribution in [0.3, 0.4) is 0 Å². The van der Waals surface area contributed by atoms with Crippen LogP contribution in [0.25, 0.3) is 0 Å². The highest BCUT2D eigenvalue weighted by atomic mass is 32.1. The van der Waals surface area contributed by atoms with Crippen LogP contribution in [0.4, 0.5) is 11.5 Å². The second-order valence-corrected chi connectivity index (χ2v) is 4.17. The number of aromatic nitrogens is 1. The van der Waals surface area contributed by atoms with E-state index in [9.17, 15) is 4.79 Å². The topological polar surface area (TPSA) is 77.2 Å². The number of amides is 1. The van der Waals surface area contributed by atoms with Crippen LogP contribution in [0.5, 0.6) is 5.75 Å². The van der Waals surface area contributed by atoms with E-state index in [0.717, 1.165) is 0 Å². The number of thiophene rings is 1. The van der Waals surface area contributed by atoms with Gasteiger partial charge in [-0.15, -0.1) is 11.3 Å². The lowest BCUT2D eigenvalue weighted by atomic mass is 10.4. The molecule has 2 aromatic rings. The molecule has 0 aliphatic rings. The normalized spacial score (nSPS) is 9.94. The van der Waals surface area contributed by atoms with Gasteiger partial charge < -0.3 is 15.8 Å². The number of hydrogen-bond acceptors (Lipinski definition) is 5. The molecule has 0 spiro atoms. The molecule has 0 aliphatic carbocycles. The summed E-state index contributed by atoms with van der Waals surface area (Å²) in [5, 5.41) is 4.47. The SMILES string of the molecule is COc1ccsc1C(=O)Nc1ccc(N)cn1. The number of nitrogens with one attached hydrogen (secondary N) is 1. The van der Waals surface area contributed by atoms with Crippen molar-refractivity contribution in [2.45, 2.75) is 0 Å². The summed E-state index contributed by atoms with van der Waals surface area (Å²) in [6, 6.07) is 5.07. The molecule has 2 rings (SSSR count). The first-order valence-electron chi connectivity index (χ1n) is 4.85. The summed E-state index contributed by atoms with van der Waals surface area (Å²) in [5.41, 5.74) is 6.06. The third kappa shape index (κ3) is 2.54. The quantitative estimate of drug-likeness (QED) is 0.872. The molecule has 5 nitrogen and oxygen atoms in total. The Hall–Kier alpha value is -2.08. The van der Waals surface area contributed by atoms with E-state index >= 15 is 0 Å². The maximum atomic E-state index is 11.9. The van der Waals surface area contributed by atoms with Gasteiger partial charge in [-0.1, -0.05) is 0 Å². The van der Waals surface area contributed by atoms with E-state index < -0.39 is 0 Å². The van der Waals surface area contributed by atoms with Crippen molar-refractivity contribution in [2.75, 3.05) is 18.2 Å². The van der Waals surface area contributed by atoms with Crippen LogP contribution in [-0.4, -0.2) is 18.0 Å². The summed E-state index contributed by atoms with van der Waals surface area (Å²) in [5.74, 6) is 0.775. The Balaban J connectivity index is 2.14. The van der Waals surface area contributed by atoms with E-state index in [1.165, 1.54) is 24.6 Å². The van der Waals surface area contributed by atoms with E-state index in [2.05, 4.69) is 10.3 Å². The number of nitrogen functional groups attached to an aromatic ring is 1. The molecular weight excluding hydrogens is 238 g/mol. The number of methoxy groups -OCH3 is 1. The first kappa shape index (κ1) is 11.4. The Morgan fingerprint density at radius 1 is 1.47 bits per heavy atom. The first-order valence-corrected chi connectivity index (χ1v) is 5.73. The van der Waals surface area contributed by atoms with E-state index in [-0.39, 0.29) is 5.91 Å². The smallest absolute Gasteiger partial charge is 0.270 e. The standard InChI is InChI=1S/C11H11N3O2S/c1-16-8-4-5-17-10(8)11(15)14-9-3-2-7(12)6-13-9/h2-6H,12H2,1H3,(H,13,14,15). The molecule has 0 aliphatic heterocycles. The average molecular weight is 249 g/mol. The second kappa shape index (κ2) is 4.84. The van der Waals surface area contributed by atoms with Crippen LogP contribution in [0.1, 0.15) is 9.67 Å². The molecule has 0 bridgehead atoms. The predicted octanol–water partition coefficient (Wildman–Crippen LogP) is 1.99. The highest BCUT2D eigenvalue weighted by molar-refractivity contribution is 7.12. The summed E-state index contributed by atoms with van der Waals surface area (Å²) in [4.78, 5) is 16.4. The number of nitrogens with two attached hydrogens (primary N) is 1. The Morgan fingerprint density at radius 2 is 2.29 bits per heavy atom. The molecule has 0 radical (unpaired) electrons. The molecule has 88 valence electrons. The van der Waals surface area contributed by atoms with Crippen molar-refractivity contribution in [3.05, 3.63) is 34.7 Å². The zero-order valence-corrected chi connectivity index (χ0v) is 9.95. The fourth-order valence-corrected chi connectivity index (χ4v) is 2.03. The minimum Gasteiger partial charge on any atom is -0.495 e. The van der Waals surface area contributed by atoms with Crippen molar-refractivity contribution in [3.8, 4) is 5.75 Å². The molecule has 1 amide bonds. The van der Waals surface area contributed by atoms with Crippen LogP contribution in [0, 0.1) is 0 Å². The van der Waals surface area contributed by atoms with Crippen LogP contribution in [-0.2, 0) is 0 Å². The van der Waals surface area contributed by atoms with Crippen molar-refractivity contribution in [1.29, 1.82) is 0 Å². The van der Waals surface area contributed by atoms with Gasteiger partial charge in [0.15, 0.2) is 0 Å². The predicted molar refractivity (Wildman–Crippen MR) is 67.5 cm³/mol. The van der Waals surface area contributed by atoms with Gasteiger partial charge in [0.25, 0.3) is 5.91 Å². The Labute approximate surface area is 102 Å². The van der Waals surface area contributed by atoms with E-state index in [1.807, 2.05) is 0 Å². The first-order chi connectivity index (χ1) is 8.20. The van der Waals surface area contributed by atoms with Crippen molar-refractivity contribution in [3.63, 3.8) is 0 Å². The monoisotopic (exact) mass is 249 g/mol. The van der Waals surface area contributed by atoms with Crippen LogP contribution in [0.15, 0.2) is 29.8 Å². The van der Waals surface area contributed by atoms with Crippen LogP contribution in [0.2, 0.25) is 0 Å². The summed E-state index contributed by atoms with van der Waals surface area (Å²) < 4.78 is 5.07. The maximum absolute atomic E-state index is 11.9. The van der Waals surface area contributed by atoms with Gasteiger partial charge in [-0.25, -0.2) is 4.98 Å². The average Bonchev–Trinajstić information content (AvgIpc) is 2.80. The molecule has 0 saturated carbocycles. The molecular formula is C11H11N3O2S. The van der Waals surface area contributed by atoms with Gasteiger partial charge >= 0.3 is 0 Å². The molecule has 0 atom stereocenters. The molecule has 0 aromatic carbocycles. The number of anilines is 2. The lowest BCUT2D eigenvalue weighted by molar-refractivity contribution is 0.102. The highest BCUT2D eigenvalue weighted by Crippen LogP contribution is 2.25. The number of hydrogen-bond donors (Lipinski definition) is 2. The number of nitrogens with zero attached hydrogens (tertiary/aromatic N) is 1. The second-order valence-electron chi connectivity index (χ2n) is 3.25. The number of carbonyl (C=O) groups is 1. The summed E-state index contributed by atoms with van der Waals surface area (Å²) in [7, 11) is 1.53. The number of ether oxygens (including phenoxy) is 1. The van der Waals surface area contributed by atoms with Gasteiger partial charge in [-0.05, 0) is 23.6 Å². The van der Waals surface area contributed by atoms with Crippen LogP contribution >= 0.6 is 11.3 Å². The minimum absolute atomic E-state index is 0.242. The summed E-state index contributed by atoms with van der Waals surface area (Å²) >= 11 is 1.32. The molecule has 0 saturated heterocycles. The summed E-state index contributed by atoms with van der Waals surface area (Å²) in [6.45, 7) is 0. The van der Waals surface area contributed by atoms with Gasteiger partial charge in [0.1, 0.15) is 16.4 Å². The maximum Gasteiger partial charge on any atom is 0.270 e. The molecule has 6 heteroatoms. The molecule has 3 N–H and O–H groups in total. The molecule has 0 unspecified atom stereocenters. The number of pyridine rings is 1. The zero-order chi connectivity index (χ0) is 12.3. The van der Waals surface area contributed by atoms with Gasteiger partial charge in [-0.3, -0.25) is 4.79 Å². The molecule has 17 heavy (non-hydrogen) atoms. The van der Waals surface area contributed by atoms with Gasteiger partial charge in [-0.2, -0.15) is 0 Å². The van der Waals surface area contributed by atoms with Crippen molar-refractivity contribution >= 4 is 28.7 Å². The lowest BCUT2D eigenvalue weighted by Gasteiger charge is -2.04. The third-order valence-corrected chi connectivity index (χ3v) is 2.98. The van der Waals surface area contributed by atoms with Gasteiger partial charge in [0.05, 0.1) is 19.0 Å². The number of carbonyl (C=O) groups excluding carboxylic acids is 1. The van der Waals surface area contributed by atoms with Crippen LogP contribution < -0.4 is 15.8 Å². The van der Waals surface area contributed by atoms with Gasteiger partial charge in [0.2, 0.25) is 0 Å². The fourth-order valence-electron chi connectivity index (χ4n) is 1.28. The largest absolute Gasteiger partial charge is 0.495 e. The molecule has 0 fully saturated rings. The lowest BCUT2D eigenvalue weighted by Crippen LogP contribution is -2.12. The van der Waals surface area contributed by atoms with E-state index in [0.29, 0.717) is 22.1 Å². The van der Waals surface area contributed by atoms with Crippen molar-refractivity contribution in [1.82, 2.24) is 4.98 Å². The third-order valence-electron chi connectivity index (χ3n) is 2.08. The van der Waals surface area contributed by atoms with Crippen molar-refractivity contribution < 1.29 is 9.53 Å². The van der Waals surface area contributed by atoms with E-state index in [1.54, 1.807) is 23.6 Å². The highest BCUT2D eigenvalue weighted by Gasteiger charge is 2.14. The van der Waals surface area contributed by atoms with Gasteiger partial charge in [0, 0.05) is 0 Å². The molecule has 2 aromatic heterocycles. The Kier molecular flexibility index (Phi) is 3.24. The van der Waals surface area contributed by atoms with E-state index in [4.69, 9.17) is 10.5 Å².